The average Bonchev–Trinajstić information content (AvgIpc) is 2.30. The molecule has 13 heavy (non-hydrogen) atoms. The highest BCUT2D eigenvalue weighted by Crippen LogP contribution is 2.17. The number of nitrogen functional groups attached to an aromatic ring is 1. The number of anilines is 1. The molecule has 1 aromatic heterocycles. The van der Waals surface area contributed by atoms with Gasteiger partial charge >= 0.3 is 5.82 Å². The van der Waals surface area contributed by atoms with Crippen molar-refractivity contribution in [2.24, 2.45) is 5.11 Å². The van der Waals surface area contributed by atoms with Crippen LogP contribution in [0.1, 0.15) is 20.8 Å². The zero-order valence-electron chi connectivity index (χ0n) is 7.68. The summed E-state index contributed by atoms with van der Waals surface area (Å²) >= 11 is 0. The smallest absolute Gasteiger partial charge is 0.442 e. The molecule has 0 saturated heterocycles. The average molecular weight is 185 g/mol. The zero-order valence-corrected chi connectivity index (χ0v) is 7.68. The lowest BCUT2D eigenvalue weighted by atomic mass is 10.1. The van der Waals surface area contributed by atoms with Crippen LogP contribution in [0, 0.1) is 5.21 Å². The van der Waals surface area contributed by atoms with Gasteiger partial charge in [0, 0.05) is 5.16 Å². The topological polar surface area (TPSA) is 103 Å². The van der Waals surface area contributed by atoms with Crippen LogP contribution in [0.5, 0.6) is 0 Å². The van der Waals surface area contributed by atoms with Gasteiger partial charge < -0.3 is 10.9 Å². The van der Waals surface area contributed by atoms with Crippen molar-refractivity contribution < 1.29 is 9.49 Å². The van der Waals surface area contributed by atoms with E-state index < -0.39 is 5.54 Å². The van der Waals surface area contributed by atoms with E-state index >= 15 is 0 Å². The Bertz CT molecular complexity index is 324. The van der Waals surface area contributed by atoms with Gasteiger partial charge in [-0.15, -0.1) is 14.6 Å². The van der Waals surface area contributed by atoms with Gasteiger partial charge in [-0.05, 0) is 20.8 Å². The molecule has 1 aromatic rings. The van der Waals surface area contributed by atoms with Crippen molar-refractivity contribution in [3.05, 3.63) is 5.21 Å². The van der Waals surface area contributed by atoms with Crippen molar-refractivity contribution in [3.8, 4) is 0 Å². The number of rotatable bonds is 1. The van der Waals surface area contributed by atoms with Gasteiger partial charge in [0.2, 0.25) is 0 Å². The Labute approximate surface area is 74.8 Å². The Morgan fingerprint density at radius 1 is 1.46 bits per heavy atom. The fraction of sp³-hybridized carbons (Fsp3) is 0.667. The first-order valence-electron chi connectivity index (χ1n) is 3.68. The Morgan fingerprint density at radius 3 is 2.46 bits per heavy atom. The molecule has 0 aromatic carbocycles. The molecule has 0 fully saturated rings. The van der Waals surface area contributed by atoms with Crippen LogP contribution in [0.2, 0.25) is 0 Å². The first-order chi connectivity index (χ1) is 5.90. The van der Waals surface area contributed by atoms with Crippen LogP contribution < -0.4 is 5.73 Å². The molecule has 0 aliphatic heterocycles. The molecular weight excluding hydrogens is 174 g/mol. The molecule has 0 radical (unpaired) electrons. The van der Waals surface area contributed by atoms with E-state index in [1.54, 1.807) is 20.8 Å². The molecule has 7 heteroatoms. The zero-order chi connectivity index (χ0) is 10.1. The third kappa shape index (κ3) is 2.39. The number of nitrogens with zero attached hydrogens (tertiary/aromatic N) is 4. The SMILES string of the molecule is CC(C)(C)N=[N+]([O-])c1nonc1N. The first kappa shape index (κ1) is 9.43. The first-order valence-corrected chi connectivity index (χ1v) is 3.68. The minimum Gasteiger partial charge on any atom is -0.691 e. The molecule has 1 heterocycles. The Balaban J connectivity index is 2.98. The normalized spacial score (nSPS) is 13.3. The molecule has 0 spiro atoms. The summed E-state index contributed by atoms with van der Waals surface area (Å²) in [6.07, 6.45) is 0. The van der Waals surface area contributed by atoms with Crippen molar-refractivity contribution in [2.45, 2.75) is 26.3 Å². The van der Waals surface area contributed by atoms with Gasteiger partial charge in [-0.1, -0.05) is 0 Å². The van der Waals surface area contributed by atoms with Crippen LogP contribution in [0.15, 0.2) is 9.74 Å². The second-order valence-corrected chi connectivity index (χ2v) is 3.52. The molecular formula is C6H11N5O2. The third-order valence-electron chi connectivity index (χ3n) is 1.07. The monoisotopic (exact) mass is 185 g/mol. The van der Waals surface area contributed by atoms with E-state index in [4.69, 9.17) is 5.73 Å². The van der Waals surface area contributed by atoms with Crippen molar-refractivity contribution in [2.75, 3.05) is 5.73 Å². The molecule has 0 saturated carbocycles. The summed E-state index contributed by atoms with van der Waals surface area (Å²) in [4.78, 5) is 0.311. The van der Waals surface area contributed by atoms with E-state index in [0.717, 1.165) is 0 Å². The highest BCUT2D eigenvalue weighted by Gasteiger charge is 2.20. The van der Waals surface area contributed by atoms with Gasteiger partial charge in [0.15, 0.2) is 5.16 Å². The molecule has 72 valence electrons. The lowest BCUT2D eigenvalue weighted by Gasteiger charge is -2.11. The number of hydrogen-bond acceptors (Lipinski definition) is 6. The molecule has 2 N–H and O–H groups in total. The van der Waals surface area contributed by atoms with E-state index in [0.29, 0.717) is 4.86 Å². The third-order valence-corrected chi connectivity index (χ3v) is 1.07. The predicted molar refractivity (Wildman–Crippen MR) is 44.2 cm³/mol. The van der Waals surface area contributed by atoms with Crippen LogP contribution in [0.25, 0.3) is 0 Å². The lowest BCUT2D eigenvalue weighted by Crippen LogP contribution is -2.13. The maximum Gasteiger partial charge on any atom is 0.442 e. The van der Waals surface area contributed by atoms with Gasteiger partial charge in [-0.3, -0.25) is 0 Å². The van der Waals surface area contributed by atoms with Crippen molar-refractivity contribution >= 4 is 11.6 Å². The maximum atomic E-state index is 11.2. The van der Waals surface area contributed by atoms with Crippen LogP contribution in [0.4, 0.5) is 11.6 Å². The van der Waals surface area contributed by atoms with Gasteiger partial charge in [0.05, 0.1) is 5.54 Å². The van der Waals surface area contributed by atoms with Gasteiger partial charge in [-0.25, -0.2) is 0 Å². The standard InChI is InChI=1S/C6H11N5O2/c1-6(2,3)10-11(12)5-4(7)8-13-9-5/h1-3H3,(H2,7,8). The molecule has 0 atom stereocenters. The van der Waals surface area contributed by atoms with Crippen molar-refractivity contribution in [1.82, 2.24) is 10.3 Å². The Hall–Kier alpha value is -1.66. The Morgan fingerprint density at radius 2 is 2.08 bits per heavy atom. The molecule has 1 rings (SSSR count). The van der Waals surface area contributed by atoms with E-state index in [1.165, 1.54) is 0 Å². The van der Waals surface area contributed by atoms with E-state index in [1.807, 2.05) is 0 Å². The number of azo groups is 1. The summed E-state index contributed by atoms with van der Waals surface area (Å²) in [6, 6.07) is 0. The fourth-order valence-electron chi connectivity index (χ4n) is 0.643. The Kier molecular flexibility index (Phi) is 2.18. The van der Waals surface area contributed by atoms with Crippen LogP contribution >= 0.6 is 0 Å². The van der Waals surface area contributed by atoms with Crippen LogP contribution in [0.3, 0.4) is 0 Å². The molecule has 0 bridgehead atoms. The largest absolute Gasteiger partial charge is 0.691 e. The summed E-state index contributed by atoms with van der Waals surface area (Å²) in [5, 5.41) is 21.6. The summed E-state index contributed by atoms with van der Waals surface area (Å²) in [5.74, 6) is -0.182. The number of nitrogens with two attached hydrogens (primary N) is 1. The minimum absolute atomic E-state index is 0.0667. The van der Waals surface area contributed by atoms with Crippen molar-refractivity contribution in [1.29, 1.82) is 0 Å². The fourth-order valence-corrected chi connectivity index (χ4v) is 0.643. The molecule has 0 unspecified atom stereocenters. The predicted octanol–water partition coefficient (Wildman–Crippen LogP) is 1.04. The molecule has 7 nitrogen and oxygen atoms in total. The van der Waals surface area contributed by atoms with Gasteiger partial charge in [0.25, 0.3) is 5.82 Å². The van der Waals surface area contributed by atoms with E-state index in [2.05, 4.69) is 20.1 Å². The highest BCUT2D eigenvalue weighted by atomic mass is 16.6. The van der Waals surface area contributed by atoms with Gasteiger partial charge in [0.1, 0.15) is 0 Å². The quantitative estimate of drug-likeness (QED) is 0.400. The number of aromatic nitrogens is 2. The second-order valence-electron chi connectivity index (χ2n) is 3.52. The highest BCUT2D eigenvalue weighted by molar-refractivity contribution is 5.42. The van der Waals surface area contributed by atoms with Crippen LogP contribution in [-0.4, -0.2) is 20.7 Å². The second kappa shape index (κ2) is 3.00. The molecule has 0 aliphatic carbocycles. The summed E-state index contributed by atoms with van der Waals surface area (Å²) in [5.41, 5.74) is 4.80. The lowest BCUT2D eigenvalue weighted by molar-refractivity contribution is -0.453. The van der Waals surface area contributed by atoms with E-state index in [9.17, 15) is 5.21 Å². The van der Waals surface area contributed by atoms with Gasteiger partial charge in [-0.2, -0.15) is 0 Å². The minimum atomic E-state index is -0.493. The molecule has 0 aliphatic rings. The number of hydrogen-bond donors (Lipinski definition) is 1. The molecule has 0 amide bonds. The summed E-state index contributed by atoms with van der Waals surface area (Å²) in [7, 11) is 0. The van der Waals surface area contributed by atoms with Crippen molar-refractivity contribution in [3.63, 3.8) is 0 Å². The summed E-state index contributed by atoms with van der Waals surface area (Å²) < 4.78 is 4.25. The maximum absolute atomic E-state index is 11.2. The van der Waals surface area contributed by atoms with E-state index in [-0.39, 0.29) is 11.6 Å². The van der Waals surface area contributed by atoms with Crippen LogP contribution in [-0.2, 0) is 0 Å². The summed E-state index contributed by atoms with van der Waals surface area (Å²) in [6.45, 7) is 5.34.